The standard InChI is InChI=1S/C12H17N3O3S/c1-2-7(10(16)17)13-11(18)15-12-14-8-5-3-4-6-9(8)19-12/h7H,2-6H2,1H3,(H,16,17)(H2,13,14,15,18)/t7-/m0/s1. The van der Waals surface area contributed by atoms with Crippen LogP contribution in [0, 0.1) is 0 Å². The number of carbonyl (C=O) groups is 2. The molecule has 0 unspecified atom stereocenters. The van der Waals surface area contributed by atoms with E-state index in [0.717, 1.165) is 31.4 Å². The minimum absolute atomic E-state index is 0.344. The highest BCUT2D eigenvalue weighted by molar-refractivity contribution is 7.15. The summed E-state index contributed by atoms with van der Waals surface area (Å²) in [5.74, 6) is -1.03. The van der Waals surface area contributed by atoms with E-state index in [1.807, 2.05) is 0 Å². The molecule has 0 fully saturated rings. The molecule has 19 heavy (non-hydrogen) atoms. The van der Waals surface area contributed by atoms with E-state index in [2.05, 4.69) is 15.6 Å². The van der Waals surface area contributed by atoms with Crippen LogP contribution in [0.15, 0.2) is 0 Å². The number of carboxylic acid groups (broad SMARTS) is 1. The second kappa shape index (κ2) is 6.01. The van der Waals surface area contributed by atoms with Crippen LogP contribution >= 0.6 is 11.3 Å². The van der Waals surface area contributed by atoms with E-state index in [1.54, 1.807) is 6.92 Å². The van der Waals surface area contributed by atoms with Gasteiger partial charge in [-0.2, -0.15) is 0 Å². The van der Waals surface area contributed by atoms with Gasteiger partial charge in [0.05, 0.1) is 5.69 Å². The fourth-order valence-electron chi connectivity index (χ4n) is 2.04. The number of amides is 2. The molecule has 1 aliphatic rings. The van der Waals surface area contributed by atoms with Crippen LogP contribution in [0.4, 0.5) is 9.93 Å². The Hall–Kier alpha value is -1.63. The van der Waals surface area contributed by atoms with Crippen molar-refractivity contribution in [3.05, 3.63) is 10.6 Å². The number of fused-ring (bicyclic) bond motifs is 1. The second-order valence-electron chi connectivity index (χ2n) is 4.49. The molecular weight excluding hydrogens is 266 g/mol. The Kier molecular flexibility index (Phi) is 4.36. The van der Waals surface area contributed by atoms with Crippen LogP contribution in [0.2, 0.25) is 0 Å². The van der Waals surface area contributed by atoms with Gasteiger partial charge in [0.15, 0.2) is 5.13 Å². The summed E-state index contributed by atoms with van der Waals surface area (Å²) in [5, 5.41) is 14.4. The van der Waals surface area contributed by atoms with Crippen molar-refractivity contribution in [3.8, 4) is 0 Å². The van der Waals surface area contributed by atoms with Crippen molar-refractivity contribution in [2.45, 2.75) is 45.1 Å². The number of anilines is 1. The van der Waals surface area contributed by atoms with Gasteiger partial charge in [-0.15, -0.1) is 11.3 Å². The normalized spacial score (nSPS) is 15.4. The highest BCUT2D eigenvalue weighted by Gasteiger charge is 2.20. The lowest BCUT2D eigenvalue weighted by atomic mass is 10.0. The van der Waals surface area contributed by atoms with Crippen LogP contribution < -0.4 is 10.6 Å². The molecule has 0 aliphatic heterocycles. The molecule has 2 amide bonds. The number of aromatic nitrogens is 1. The average Bonchev–Trinajstić information content (AvgIpc) is 2.77. The van der Waals surface area contributed by atoms with E-state index in [0.29, 0.717) is 11.6 Å². The van der Waals surface area contributed by atoms with Crippen LogP contribution in [-0.4, -0.2) is 28.1 Å². The first kappa shape index (κ1) is 13.8. The maximum absolute atomic E-state index is 11.7. The van der Waals surface area contributed by atoms with Crippen LogP contribution in [0.5, 0.6) is 0 Å². The molecule has 1 aromatic rings. The molecule has 1 heterocycles. The molecule has 0 spiro atoms. The van der Waals surface area contributed by atoms with Crippen LogP contribution in [0.25, 0.3) is 0 Å². The van der Waals surface area contributed by atoms with Crippen molar-refractivity contribution in [2.24, 2.45) is 0 Å². The second-order valence-corrected chi connectivity index (χ2v) is 5.58. The third-order valence-corrected chi connectivity index (χ3v) is 4.15. The van der Waals surface area contributed by atoms with E-state index in [1.165, 1.54) is 16.2 Å². The minimum Gasteiger partial charge on any atom is -0.480 e. The molecule has 0 aromatic carbocycles. The lowest BCUT2D eigenvalue weighted by molar-refractivity contribution is -0.139. The van der Waals surface area contributed by atoms with Crippen molar-refractivity contribution in [3.63, 3.8) is 0 Å². The number of urea groups is 1. The van der Waals surface area contributed by atoms with Crippen molar-refractivity contribution in [2.75, 3.05) is 5.32 Å². The average molecular weight is 283 g/mol. The molecule has 2 rings (SSSR count). The molecule has 7 heteroatoms. The quantitative estimate of drug-likeness (QED) is 0.788. The number of aryl methyl sites for hydroxylation is 2. The summed E-state index contributed by atoms with van der Waals surface area (Å²) in [5.41, 5.74) is 1.07. The smallest absolute Gasteiger partial charge is 0.326 e. The summed E-state index contributed by atoms with van der Waals surface area (Å²) < 4.78 is 0. The zero-order chi connectivity index (χ0) is 13.8. The summed E-state index contributed by atoms with van der Waals surface area (Å²) in [6.45, 7) is 1.71. The van der Waals surface area contributed by atoms with Gasteiger partial charge in [-0.3, -0.25) is 5.32 Å². The Balaban J connectivity index is 1.95. The van der Waals surface area contributed by atoms with E-state index in [9.17, 15) is 9.59 Å². The number of carboxylic acids is 1. The van der Waals surface area contributed by atoms with Crippen molar-refractivity contribution >= 4 is 28.5 Å². The fraction of sp³-hybridized carbons (Fsp3) is 0.583. The zero-order valence-electron chi connectivity index (χ0n) is 10.7. The Labute approximate surface area is 115 Å². The number of nitrogens with one attached hydrogen (secondary N) is 2. The predicted octanol–water partition coefficient (Wildman–Crippen LogP) is 2.01. The van der Waals surface area contributed by atoms with E-state index in [4.69, 9.17) is 5.11 Å². The Morgan fingerprint density at radius 3 is 2.79 bits per heavy atom. The van der Waals surface area contributed by atoms with Gasteiger partial charge < -0.3 is 10.4 Å². The highest BCUT2D eigenvalue weighted by Crippen LogP contribution is 2.29. The summed E-state index contributed by atoms with van der Waals surface area (Å²) in [4.78, 5) is 28.1. The van der Waals surface area contributed by atoms with Gasteiger partial charge in [0.25, 0.3) is 0 Å². The minimum atomic E-state index is -1.03. The van der Waals surface area contributed by atoms with Gasteiger partial charge in [-0.05, 0) is 32.1 Å². The molecule has 3 N–H and O–H groups in total. The maximum Gasteiger partial charge on any atom is 0.326 e. The molecule has 6 nitrogen and oxygen atoms in total. The summed E-state index contributed by atoms with van der Waals surface area (Å²) in [6, 6.07) is -1.38. The van der Waals surface area contributed by atoms with Gasteiger partial charge in [0, 0.05) is 4.88 Å². The number of aliphatic carboxylic acids is 1. The molecule has 1 atom stereocenters. The monoisotopic (exact) mass is 283 g/mol. The van der Waals surface area contributed by atoms with Gasteiger partial charge in [-0.25, -0.2) is 14.6 Å². The molecule has 0 bridgehead atoms. The number of carbonyl (C=O) groups excluding carboxylic acids is 1. The fourth-order valence-corrected chi connectivity index (χ4v) is 3.08. The van der Waals surface area contributed by atoms with Crippen molar-refractivity contribution in [1.29, 1.82) is 0 Å². The lowest BCUT2D eigenvalue weighted by Gasteiger charge is -2.11. The molecule has 104 valence electrons. The Morgan fingerprint density at radius 2 is 2.16 bits per heavy atom. The topological polar surface area (TPSA) is 91.3 Å². The van der Waals surface area contributed by atoms with Gasteiger partial charge in [0.2, 0.25) is 0 Å². The summed E-state index contributed by atoms with van der Waals surface area (Å²) >= 11 is 1.48. The Morgan fingerprint density at radius 1 is 1.42 bits per heavy atom. The SMILES string of the molecule is CC[C@H](NC(=O)Nc1nc2c(s1)CCCC2)C(=O)O. The van der Waals surface area contributed by atoms with E-state index >= 15 is 0 Å². The third-order valence-electron chi connectivity index (χ3n) is 3.08. The molecule has 1 aliphatic carbocycles. The molecule has 0 saturated carbocycles. The maximum atomic E-state index is 11.7. The van der Waals surface area contributed by atoms with E-state index in [-0.39, 0.29) is 0 Å². The van der Waals surface area contributed by atoms with Gasteiger partial charge in [0.1, 0.15) is 6.04 Å². The van der Waals surface area contributed by atoms with Gasteiger partial charge in [-0.1, -0.05) is 6.92 Å². The van der Waals surface area contributed by atoms with Gasteiger partial charge >= 0.3 is 12.0 Å². The number of hydrogen-bond donors (Lipinski definition) is 3. The number of hydrogen-bond acceptors (Lipinski definition) is 4. The van der Waals surface area contributed by atoms with Crippen LogP contribution in [-0.2, 0) is 17.6 Å². The first-order valence-corrected chi connectivity index (χ1v) is 7.20. The van der Waals surface area contributed by atoms with Crippen LogP contribution in [0.1, 0.15) is 36.8 Å². The number of rotatable bonds is 4. The molecule has 0 saturated heterocycles. The number of nitrogens with zero attached hydrogens (tertiary/aromatic N) is 1. The third kappa shape index (κ3) is 3.44. The van der Waals surface area contributed by atoms with Crippen LogP contribution in [0.3, 0.4) is 0 Å². The largest absolute Gasteiger partial charge is 0.480 e. The highest BCUT2D eigenvalue weighted by atomic mass is 32.1. The lowest BCUT2D eigenvalue weighted by Crippen LogP contribution is -2.42. The van der Waals surface area contributed by atoms with Crippen molar-refractivity contribution in [1.82, 2.24) is 10.3 Å². The number of thiazole rings is 1. The molecule has 1 aromatic heterocycles. The Bertz CT molecular complexity index is 463. The first-order chi connectivity index (χ1) is 9.10. The van der Waals surface area contributed by atoms with Crippen molar-refractivity contribution < 1.29 is 14.7 Å². The summed E-state index contributed by atoms with van der Waals surface area (Å²) in [7, 11) is 0. The zero-order valence-corrected chi connectivity index (χ0v) is 11.5. The first-order valence-electron chi connectivity index (χ1n) is 6.39. The molecule has 0 radical (unpaired) electrons. The predicted molar refractivity (Wildman–Crippen MR) is 72.6 cm³/mol. The summed E-state index contributed by atoms with van der Waals surface area (Å²) in [6.07, 6.45) is 4.62. The molecular formula is C12H17N3O3S. The van der Waals surface area contributed by atoms with E-state index < -0.39 is 18.0 Å².